The lowest BCUT2D eigenvalue weighted by Gasteiger charge is -2.13. The minimum Gasteiger partial charge on any atom is -0.376 e. The van der Waals surface area contributed by atoms with Crippen molar-refractivity contribution in [2.75, 3.05) is 12.4 Å². The normalized spacial score (nSPS) is 11.2. The van der Waals surface area contributed by atoms with Crippen molar-refractivity contribution in [2.24, 2.45) is 0 Å². The third-order valence-electron chi connectivity index (χ3n) is 2.51. The lowest BCUT2D eigenvalue weighted by atomic mass is 10.1. The summed E-state index contributed by atoms with van der Waals surface area (Å²) in [5.41, 5.74) is 0.550. The van der Waals surface area contributed by atoms with Crippen molar-refractivity contribution < 1.29 is 9.72 Å². The molecule has 1 aromatic rings. The molecule has 0 aromatic heterocycles. The summed E-state index contributed by atoms with van der Waals surface area (Å²) in [7, 11) is 1.50. The number of carbonyl (C=O) groups excluding carboxylic acids is 1. The van der Waals surface area contributed by atoms with Crippen LogP contribution in [0.5, 0.6) is 0 Å². The zero-order valence-corrected chi connectivity index (χ0v) is 10.8. The van der Waals surface area contributed by atoms with E-state index in [1.165, 1.54) is 25.2 Å². The second kappa shape index (κ2) is 6.40. The molecule has 19 heavy (non-hydrogen) atoms. The standard InChI is InChI=1S/C13H15N3O3/c1-4-5-9(2)15-11-8-10(13(17)14-3)6-7-12(11)16(18)19/h1,6-9,15H,5H2,2-3H3,(H,14,17). The van der Waals surface area contributed by atoms with E-state index in [9.17, 15) is 14.9 Å². The number of anilines is 1. The van der Waals surface area contributed by atoms with E-state index >= 15 is 0 Å². The van der Waals surface area contributed by atoms with E-state index in [0.29, 0.717) is 12.0 Å². The van der Waals surface area contributed by atoms with Crippen molar-refractivity contribution in [1.82, 2.24) is 5.32 Å². The topological polar surface area (TPSA) is 84.3 Å². The Balaban J connectivity index is 3.12. The van der Waals surface area contributed by atoms with Crippen molar-refractivity contribution in [2.45, 2.75) is 19.4 Å². The first-order chi connectivity index (χ1) is 8.99. The molecule has 0 aliphatic carbocycles. The highest BCUT2D eigenvalue weighted by molar-refractivity contribution is 5.95. The van der Waals surface area contributed by atoms with Gasteiger partial charge in [0.25, 0.3) is 11.6 Å². The first kappa shape index (κ1) is 14.5. The predicted octanol–water partition coefficient (Wildman–Crippen LogP) is 1.78. The SMILES string of the molecule is C#CCC(C)Nc1cc(C(=O)NC)ccc1[N+](=O)[O-]. The smallest absolute Gasteiger partial charge is 0.292 e. The fourth-order valence-electron chi connectivity index (χ4n) is 1.59. The molecule has 1 aromatic carbocycles. The fraction of sp³-hybridized carbons (Fsp3) is 0.308. The van der Waals surface area contributed by atoms with E-state index in [-0.39, 0.29) is 23.3 Å². The third kappa shape index (κ3) is 3.71. The van der Waals surface area contributed by atoms with Crippen molar-refractivity contribution in [3.05, 3.63) is 33.9 Å². The number of rotatable bonds is 5. The Labute approximate surface area is 111 Å². The fourth-order valence-corrected chi connectivity index (χ4v) is 1.59. The molecule has 6 heteroatoms. The maximum Gasteiger partial charge on any atom is 0.292 e. The van der Waals surface area contributed by atoms with Crippen molar-refractivity contribution in [3.8, 4) is 12.3 Å². The number of terminal acetylenes is 1. The van der Waals surface area contributed by atoms with Gasteiger partial charge in [0.05, 0.1) is 4.92 Å². The summed E-state index contributed by atoms with van der Waals surface area (Å²) < 4.78 is 0. The van der Waals surface area contributed by atoms with Gasteiger partial charge >= 0.3 is 0 Å². The van der Waals surface area contributed by atoms with Crippen LogP contribution in [-0.2, 0) is 0 Å². The molecule has 100 valence electrons. The van der Waals surface area contributed by atoms with Crippen LogP contribution in [0.1, 0.15) is 23.7 Å². The lowest BCUT2D eigenvalue weighted by molar-refractivity contribution is -0.384. The molecule has 2 N–H and O–H groups in total. The summed E-state index contributed by atoms with van der Waals surface area (Å²) in [4.78, 5) is 22.0. The van der Waals surface area contributed by atoms with E-state index < -0.39 is 4.92 Å². The maximum absolute atomic E-state index is 11.5. The van der Waals surface area contributed by atoms with Gasteiger partial charge in [-0.05, 0) is 19.1 Å². The molecule has 0 aliphatic heterocycles. The molecular weight excluding hydrogens is 246 g/mol. The number of amides is 1. The third-order valence-corrected chi connectivity index (χ3v) is 2.51. The second-order valence-electron chi connectivity index (χ2n) is 4.02. The predicted molar refractivity (Wildman–Crippen MR) is 73.0 cm³/mol. The molecule has 0 heterocycles. The van der Waals surface area contributed by atoms with Crippen LogP contribution in [0.2, 0.25) is 0 Å². The molecule has 0 fully saturated rings. The molecule has 0 radical (unpaired) electrons. The highest BCUT2D eigenvalue weighted by Crippen LogP contribution is 2.26. The molecule has 0 aliphatic rings. The molecule has 6 nitrogen and oxygen atoms in total. The molecular formula is C13H15N3O3. The van der Waals surface area contributed by atoms with Gasteiger partial charge in [0.15, 0.2) is 0 Å². The van der Waals surface area contributed by atoms with Crippen LogP contribution in [0.3, 0.4) is 0 Å². The Bertz CT molecular complexity index is 534. The van der Waals surface area contributed by atoms with Gasteiger partial charge in [-0.25, -0.2) is 0 Å². The number of carbonyl (C=O) groups is 1. The molecule has 0 spiro atoms. The number of nitrogens with one attached hydrogen (secondary N) is 2. The summed E-state index contributed by atoms with van der Waals surface area (Å²) in [6.45, 7) is 1.82. The zero-order valence-electron chi connectivity index (χ0n) is 10.8. The monoisotopic (exact) mass is 261 g/mol. The first-order valence-electron chi connectivity index (χ1n) is 5.70. The largest absolute Gasteiger partial charge is 0.376 e. The van der Waals surface area contributed by atoms with Crippen LogP contribution < -0.4 is 10.6 Å². The number of nitrogens with zero attached hydrogens (tertiary/aromatic N) is 1. The Hall–Kier alpha value is -2.55. The number of hydrogen-bond acceptors (Lipinski definition) is 4. The van der Waals surface area contributed by atoms with Gasteiger partial charge in [0.1, 0.15) is 5.69 Å². The summed E-state index contributed by atoms with van der Waals surface area (Å²) in [5.74, 6) is 2.17. The van der Waals surface area contributed by atoms with Gasteiger partial charge in [-0.2, -0.15) is 0 Å². The Morgan fingerprint density at radius 3 is 2.79 bits per heavy atom. The van der Waals surface area contributed by atoms with Crippen LogP contribution >= 0.6 is 0 Å². The molecule has 1 rings (SSSR count). The first-order valence-corrected chi connectivity index (χ1v) is 5.70. The number of benzene rings is 1. The van der Waals surface area contributed by atoms with E-state index in [1.807, 2.05) is 6.92 Å². The van der Waals surface area contributed by atoms with Gasteiger partial charge in [-0.3, -0.25) is 14.9 Å². The number of hydrogen-bond donors (Lipinski definition) is 2. The average molecular weight is 261 g/mol. The van der Waals surface area contributed by atoms with E-state index in [1.54, 1.807) is 0 Å². The Morgan fingerprint density at radius 1 is 1.58 bits per heavy atom. The maximum atomic E-state index is 11.5. The van der Waals surface area contributed by atoms with Crippen LogP contribution in [-0.4, -0.2) is 23.9 Å². The minimum absolute atomic E-state index is 0.0866. The minimum atomic E-state index is -0.501. The van der Waals surface area contributed by atoms with Crippen molar-refractivity contribution >= 4 is 17.3 Å². The summed E-state index contributed by atoms with van der Waals surface area (Å²) in [5, 5.41) is 16.4. The summed E-state index contributed by atoms with van der Waals surface area (Å²) in [6.07, 6.45) is 5.62. The van der Waals surface area contributed by atoms with Gasteiger partial charge in [0, 0.05) is 31.1 Å². The lowest BCUT2D eigenvalue weighted by Crippen LogP contribution is -2.19. The number of nitro groups is 1. The molecule has 0 saturated carbocycles. The number of nitro benzene ring substituents is 1. The summed E-state index contributed by atoms with van der Waals surface area (Å²) >= 11 is 0. The van der Waals surface area contributed by atoms with Crippen LogP contribution in [0.15, 0.2) is 18.2 Å². The molecule has 0 saturated heterocycles. The van der Waals surface area contributed by atoms with Crippen molar-refractivity contribution in [1.29, 1.82) is 0 Å². The van der Waals surface area contributed by atoms with Crippen LogP contribution in [0.4, 0.5) is 11.4 Å². The van der Waals surface area contributed by atoms with E-state index in [4.69, 9.17) is 6.42 Å². The average Bonchev–Trinajstić information content (AvgIpc) is 2.37. The van der Waals surface area contributed by atoms with Gasteiger partial charge in [-0.15, -0.1) is 12.3 Å². The molecule has 1 amide bonds. The second-order valence-corrected chi connectivity index (χ2v) is 4.02. The molecule has 0 bridgehead atoms. The highest BCUT2D eigenvalue weighted by Gasteiger charge is 2.17. The molecule has 1 unspecified atom stereocenters. The van der Waals surface area contributed by atoms with Gasteiger partial charge in [-0.1, -0.05) is 0 Å². The van der Waals surface area contributed by atoms with Crippen molar-refractivity contribution in [3.63, 3.8) is 0 Å². The van der Waals surface area contributed by atoms with Gasteiger partial charge in [0.2, 0.25) is 0 Å². The van der Waals surface area contributed by atoms with E-state index in [0.717, 1.165) is 0 Å². The summed E-state index contributed by atoms with van der Waals surface area (Å²) in [6, 6.07) is 4.04. The van der Waals surface area contributed by atoms with Crippen LogP contribution in [0, 0.1) is 22.5 Å². The van der Waals surface area contributed by atoms with Gasteiger partial charge < -0.3 is 10.6 Å². The zero-order chi connectivity index (χ0) is 14.4. The van der Waals surface area contributed by atoms with E-state index in [2.05, 4.69) is 16.6 Å². The van der Waals surface area contributed by atoms with Crippen LogP contribution in [0.25, 0.3) is 0 Å². The quantitative estimate of drug-likeness (QED) is 0.480. The molecule has 1 atom stereocenters. The highest BCUT2D eigenvalue weighted by atomic mass is 16.6. The Kier molecular flexibility index (Phi) is 4.89. The Morgan fingerprint density at radius 2 is 2.26 bits per heavy atom.